The maximum absolute atomic E-state index is 12.1. The Hall–Kier alpha value is -2.14. The number of nitrogens with two attached hydrogens (primary N) is 1. The van der Waals surface area contributed by atoms with Crippen molar-refractivity contribution in [1.82, 2.24) is 9.97 Å². The molecule has 0 aliphatic heterocycles. The van der Waals surface area contributed by atoms with E-state index in [1.165, 1.54) is 6.07 Å². The molecule has 0 spiro atoms. The van der Waals surface area contributed by atoms with Gasteiger partial charge in [0.15, 0.2) is 0 Å². The van der Waals surface area contributed by atoms with Crippen LogP contribution < -0.4 is 11.1 Å². The molecule has 0 aliphatic rings. The molecule has 2 aromatic rings. The number of aromatic nitrogens is 2. The van der Waals surface area contributed by atoms with E-state index in [4.69, 9.17) is 17.3 Å². The SMILES string of the molecule is CC(C)c1nc(Cl)cc(NC(=O)c2ccc(N)cc2)n1. The summed E-state index contributed by atoms with van der Waals surface area (Å²) in [6.45, 7) is 3.91. The van der Waals surface area contributed by atoms with Crippen molar-refractivity contribution in [2.24, 2.45) is 0 Å². The lowest BCUT2D eigenvalue weighted by Gasteiger charge is -2.09. The lowest BCUT2D eigenvalue weighted by molar-refractivity contribution is 0.102. The third-order valence-electron chi connectivity index (χ3n) is 2.64. The van der Waals surface area contributed by atoms with Gasteiger partial charge in [0.25, 0.3) is 5.91 Å². The summed E-state index contributed by atoms with van der Waals surface area (Å²) >= 11 is 5.93. The van der Waals surface area contributed by atoms with E-state index in [2.05, 4.69) is 15.3 Å². The van der Waals surface area contributed by atoms with Gasteiger partial charge in [0, 0.05) is 23.2 Å². The maximum atomic E-state index is 12.1. The molecule has 0 atom stereocenters. The summed E-state index contributed by atoms with van der Waals surface area (Å²) in [7, 11) is 0. The zero-order valence-corrected chi connectivity index (χ0v) is 12.0. The molecule has 0 radical (unpaired) electrons. The summed E-state index contributed by atoms with van der Waals surface area (Å²) in [6, 6.07) is 8.15. The number of carbonyl (C=O) groups is 1. The second-order valence-corrected chi connectivity index (χ2v) is 5.05. The number of benzene rings is 1. The van der Waals surface area contributed by atoms with Gasteiger partial charge in [-0.15, -0.1) is 0 Å². The summed E-state index contributed by atoms with van der Waals surface area (Å²) in [5.41, 5.74) is 6.69. The summed E-state index contributed by atoms with van der Waals surface area (Å²) in [5.74, 6) is 0.830. The molecule has 1 aromatic heterocycles. The number of amides is 1. The lowest BCUT2D eigenvalue weighted by atomic mass is 10.2. The Morgan fingerprint density at radius 1 is 1.25 bits per heavy atom. The van der Waals surface area contributed by atoms with E-state index in [0.29, 0.717) is 28.0 Å². The van der Waals surface area contributed by atoms with Crippen molar-refractivity contribution in [1.29, 1.82) is 0 Å². The van der Waals surface area contributed by atoms with Gasteiger partial charge in [0.05, 0.1) is 0 Å². The molecule has 1 amide bonds. The first-order chi connectivity index (χ1) is 9.45. The third kappa shape index (κ3) is 3.45. The number of hydrogen-bond acceptors (Lipinski definition) is 4. The predicted octanol–water partition coefficient (Wildman–Crippen LogP) is 3.09. The van der Waals surface area contributed by atoms with E-state index in [-0.39, 0.29) is 11.8 Å². The Balaban J connectivity index is 2.21. The van der Waals surface area contributed by atoms with Gasteiger partial charge in [0.1, 0.15) is 16.8 Å². The summed E-state index contributed by atoms with van der Waals surface area (Å²) in [5, 5.41) is 3.00. The van der Waals surface area contributed by atoms with Crippen LogP contribution in [0.5, 0.6) is 0 Å². The zero-order valence-electron chi connectivity index (χ0n) is 11.2. The Labute approximate surface area is 122 Å². The van der Waals surface area contributed by atoms with Gasteiger partial charge in [-0.1, -0.05) is 25.4 Å². The van der Waals surface area contributed by atoms with Gasteiger partial charge in [-0.25, -0.2) is 9.97 Å². The second-order valence-electron chi connectivity index (χ2n) is 4.66. The normalized spacial score (nSPS) is 10.6. The van der Waals surface area contributed by atoms with E-state index in [1.807, 2.05) is 13.8 Å². The minimum atomic E-state index is -0.269. The minimum absolute atomic E-state index is 0.126. The van der Waals surface area contributed by atoms with Crippen molar-refractivity contribution in [3.05, 3.63) is 46.9 Å². The first-order valence-corrected chi connectivity index (χ1v) is 6.55. The van der Waals surface area contributed by atoms with Gasteiger partial charge in [-0.2, -0.15) is 0 Å². The molecule has 6 heteroatoms. The van der Waals surface area contributed by atoms with Crippen LogP contribution in [0.2, 0.25) is 5.15 Å². The number of nitrogen functional groups attached to an aromatic ring is 1. The molecule has 1 aromatic carbocycles. The first-order valence-electron chi connectivity index (χ1n) is 6.17. The van der Waals surface area contributed by atoms with Crippen LogP contribution in [0, 0.1) is 0 Å². The first kappa shape index (κ1) is 14.3. The number of nitrogens with zero attached hydrogens (tertiary/aromatic N) is 2. The van der Waals surface area contributed by atoms with Crippen LogP contribution in [0.4, 0.5) is 11.5 Å². The molecule has 1 heterocycles. The molecule has 0 unspecified atom stereocenters. The number of nitrogens with one attached hydrogen (secondary N) is 1. The lowest BCUT2D eigenvalue weighted by Crippen LogP contribution is -2.14. The molecule has 0 saturated heterocycles. The fraction of sp³-hybridized carbons (Fsp3) is 0.214. The third-order valence-corrected chi connectivity index (χ3v) is 2.84. The fourth-order valence-electron chi connectivity index (χ4n) is 1.58. The van der Waals surface area contributed by atoms with Crippen LogP contribution in [-0.4, -0.2) is 15.9 Å². The number of carbonyl (C=O) groups excluding carboxylic acids is 1. The monoisotopic (exact) mass is 290 g/mol. The molecule has 0 aliphatic carbocycles. The molecule has 20 heavy (non-hydrogen) atoms. The average molecular weight is 291 g/mol. The fourth-order valence-corrected chi connectivity index (χ4v) is 1.77. The number of rotatable bonds is 3. The molecule has 2 rings (SSSR count). The Bertz CT molecular complexity index is 626. The highest BCUT2D eigenvalue weighted by atomic mass is 35.5. The molecule has 0 fully saturated rings. The largest absolute Gasteiger partial charge is 0.399 e. The van der Waals surface area contributed by atoms with Crippen LogP contribution in [0.3, 0.4) is 0 Å². The average Bonchev–Trinajstić information content (AvgIpc) is 2.38. The minimum Gasteiger partial charge on any atom is -0.399 e. The Kier molecular flexibility index (Phi) is 4.20. The van der Waals surface area contributed by atoms with Crippen molar-refractivity contribution >= 4 is 29.0 Å². The summed E-state index contributed by atoms with van der Waals surface area (Å²) in [6.07, 6.45) is 0. The maximum Gasteiger partial charge on any atom is 0.256 e. The Morgan fingerprint density at radius 3 is 2.50 bits per heavy atom. The molecule has 0 bridgehead atoms. The summed E-state index contributed by atoms with van der Waals surface area (Å²) < 4.78 is 0. The number of halogens is 1. The van der Waals surface area contributed by atoms with Crippen LogP contribution in [-0.2, 0) is 0 Å². The van der Waals surface area contributed by atoms with E-state index in [9.17, 15) is 4.79 Å². The van der Waals surface area contributed by atoms with E-state index in [1.54, 1.807) is 24.3 Å². The van der Waals surface area contributed by atoms with Crippen LogP contribution in [0.15, 0.2) is 30.3 Å². The molecule has 0 saturated carbocycles. The number of anilines is 2. The van der Waals surface area contributed by atoms with Gasteiger partial charge in [0.2, 0.25) is 0 Å². The zero-order chi connectivity index (χ0) is 14.7. The molecule has 5 nitrogen and oxygen atoms in total. The topological polar surface area (TPSA) is 80.9 Å². The van der Waals surface area contributed by atoms with Gasteiger partial charge in [-0.05, 0) is 24.3 Å². The van der Waals surface area contributed by atoms with Crippen molar-refractivity contribution < 1.29 is 4.79 Å². The highest BCUT2D eigenvalue weighted by Crippen LogP contribution is 2.17. The standard InChI is InChI=1S/C14H15ClN4O/c1-8(2)13-17-11(15)7-12(18-13)19-14(20)9-3-5-10(16)6-4-9/h3-8H,16H2,1-2H3,(H,17,18,19,20). The molecule has 3 N–H and O–H groups in total. The van der Waals surface area contributed by atoms with Gasteiger partial charge < -0.3 is 11.1 Å². The van der Waals surface area contributed by atoms with Gasteiger partial charge in [-0.3, -0.25) is 4.79 Å². The highest BCUT2D eigenvalue weighted by Gasteiger charge is 2.10. The predicted molar refractivity (Wildman–Crippen MR) is 79.9 cm³/mol. The summed E-state index contributed by atoms with van der Waals surface area (Å²) in [4.78, 5) is 20.4. The van der Waals surface area contributed by atoms with Crippen molar-refractivity contribution in [3.63, 3.8) is 0 Å². The van der Waals surface area contributed by atoms with Crippen molar-refractivity contribution in [2.45, 2.75) is 19.8 Å². The number of hydrogen-bond donors (Lipinski definition) is 2. The van der Waals surface area contributed by atoms with Crippen LogP contribution in [0.25, 0.3) is 0 Å². The van der Waals surface area contributed by atoms with Crippen LogP contribution in [0.1, 0.15) is 35.9 Å². The molecular formula is C14H15ClN4O. The van der Waals surface area contributed by atoms with Crippen molar-refractivity contribution in [2.75, 3.05) is 11.1 Å². The van der Waals surface area contributed by atoms with Crippen LogP contribution >= 0.6 is 11.6 Å². The smallest absolute Gasteiger partial charge is 0.256 e. The Morgan fingerprint density at radius 2 is 1.90 bits per heavy atom. The van der Waals surface area contributed by atoms with E-state index >= 15 is 0 Å². The van der Waals surface area contributed by atoms with Crippen molar-refractivity contribution in [3.8, 4) is 0 Å². The second kappa shape index (κ2) is 5.88. The molecule has 104 valence electrons. The highest BCUT2D eigenvalue weighted by molar-refractivity contribution is 6.29. The van der Waals surface area contributed by atoms with Gasteiger partial charge >= 0.3 is 0 Å². The quantitative estimate of drug-likeness (QED) is 0.672. The van der Waals surface area contributed by atoms with E-state index in [0.717, 1.165) is 0 Å². The van der Waals surface area contributed by atoms with E-state index < -0.39 is 0 Å². The molecular weight excluding hydrogens is 276 g/mol.